The third-order valence-electron chi connectivity index (χ3n) is 3.79. The number of benzene rings is 1. The summed E-state index contributed by atoms with van der Waals surface area (Å²) in [7, 11) is 3.45. The molecule has 0 radical (unpaired) electrons. The Morgan fingerprint density at radius 1 is 1.36 bits per heavy atom. The van der Waals surface area contributed by atoms with Crippen LogP contribution in [0, 0.1) is 0 Å². The van der Waals surface area contributed by atoms with Crippen molar-refractivity contribution in [3.8, 4) is 0 Å². The fraction of sp³-hybridized carbons (Fsp3) is 0.278. The van der Waals surface area contributed by atoms with Crippen molar-refractivity contribution < 1.29 is 13.9 Å². The van der Waals surface area contributed by atoms with Gasteiger partial charge in [0.25, 0.3) is 0 Å². The highest BCUT2D eigenvalue weighted by atomic mass is 79.9. The van der Waals surface area contributed by atoms with Crippen LogP contribution in [-0.2, 0) is 17.7 Å². The van der Waals surface area contributed by atoms with E-state index in [0.29, 0.717) is 5.69 Å². The van der Waals surface area contributed by atoms with Crippen LogP contribution in [-0.4, -0.2) is 31.7 Å². The lowest BCUT2D eigenvalue weighted by molar-refractivity contribution is 0.187. The second-order valence-corrected chi connectivity index (χ2v) is 7.71. The quantitative estimate of drug-likeness (QED) is 0.599. The number of nitrogens with one attached hydrogen (secondary N) is 1. The Morgan fingerprint density at radius 3 is 2.92 bits per heavy atom. The van der Waals surface area contributed by atoms with Crippen molar-refractivity contribution in [2.24, 2.45) is 0 Å². The van der Waals surface area contributed by atoms with E-state index in [-0.39, 0.29) is 0 Å². The Balaban J connectivity index is 1.60. The molecule has 2 heterocycles. The van der Waals surface area contributed by atoms with Crippen molar-refractivity contribution in [1.29, 1.82) is 0 Å². The van der Waals surface area contributed by atoms with Crippen LogP contribution < -0.4 is 5.32 Å². The number of thiophene rings is 1. The van der Waals surface area contributed by atoms with Gasteiger partial charge in [-0.3, -0.25) is 5.32 Å². The Bertz CT molecular complexity index is 874. The molecule has 0 saturated carbocycles. The Hall–Kier alpha value is -1.83. The zero-order valence-corrected chi connectivity index (χ0v) is 16.4. The second-order valence-electron chi connectivity index (χ2n) is 5.80. The molecule has 7 heteroatoms. The van der Waals surface area contributed by atoms with Gasteiger partial charge in [-0.15, -0.1) is 11.3 Å². The maximum Gasteiger partial charge on any atom is 0.411 e. The smallest absolute Gasteiger partial charge is 0.411 e. The highest BCUT2D eigenvalue weighted by Gasteiger charge is 2.09. The third-order valence-corrected chi connectivity index (χ3v) is 5.47. The van der Waals surface area contributed by atoms with Crippen molar-refractivity contribution >= 4 is 50.0 Å². The number of likely N-dealkylation sites (N-methyl/N-ethyl adjacent to an activating group) is 1. The molecule has 0 saturated heterocycles. The lowest BCUT2D eigenvalue weighted by Gasteiger charge is -2.14. The van der Waals surface area contributed by atoms with E-state index in [9.17, 15) is 4.79 Å². The summed E-state index contributed by atoms with van der Waals surface area (Å²) in [6, 6.07) is 9.71. The van der Waals surface area contributed by atoms with Gasteiger partial charge in [0.2, 0.25) is 0 Å². The number of halogens is 1. The number of fused-ring (bicyclic) bond motifs is 1. The molecule has 0 aliphatic heterocycles. The fourth-order valence-corrected chi connectivity index (χ4v) is 4.08. The van der Waals surface area contributed by atoms with Gasteiger partial charge in [-0.1, -0.05) is 0 Å². The van der Waals surface area contributed by atoms with Crippen LogP contribution >= 0.6 is 27.3 Å². The molecule has 5 nitrogen and oxygen atoms in total. The first-order chi connectivity index (χ1) is 12.0. The molecule has 1 N–H and O–H groups in total. The predicted molar refractivity (Wildman–Crippen MR) is 104 cm³/mol. The highest BCUT2D eigenvalue weighted by Crippen LogP contribution is 2.24. The first-order valence-electron chi connectivity index (χ1n) is 7.82. The van der Waals surface area contributed by atoms with Gasteiger partial charge in [-0.2, -0.15) is 0 Å². The summed E-state index contributed by atoms with van der Waals surface area (Å²) >= 11 is 5.24. The number of nitrogens with zero attached hydrogens (tertiary/aromatic N) is 1. The number of anilines is 1. The molecule has 3 rings (SSSR count). The zero-order valence-electron chi connectivity index (χ0n) is 14.0. The lowest BCUT2D eigenvalue weighted by atomic mass is 10.2. The first-order valence-corrected chi connectivity index (χ1v) is 9.49. The Labute approximate surface area is 158 Å². The summed E-state index contributed by atoms with van der Waals surface area (Å²) in [6.45, 7) is 1.83. The number of methoxy groups -OCH3 is 1. The van der Waals surface area contributed by atoms with Gasteiger partial charge >= 0.3 is 6.09 Å². The van der Waals surface area contributed by atoms with E-state index in [1.165, 1.54) is 12.0 Å². The Morgan fingerprint density at radius 2 is 2.20 bits per heavy atom. The van der Waals surface area contributed by atoms with Crippen LogP contribution in [0.3, 0.4) is 0 Å². The standard InChI is InChI=1S/C18H19BrN2O3S/c1-21(10-16-9-13(19)11-25-16)6-5-15-8-12-7-14(20-18(22)23-2)3-4-17(12)24-15/h3-4,7-9,11H,5-6,10H2,1-2H3,(H,20,22). The van der Waals surface area contributed by atoms with E-state index in [4.69, 9.17) is 4.42 Å². The fourth-order valence-electron chi connectivity index (χ4n) is 2.55. The monoisotopic (exact) mass is 422 g/mol. The van der Waals surface area contributed by atoms with Gasteiger partial charge < -0.3 is 14.1 Å². The van der Waals surface area contributed by atoms with Crippen LogP contribution in [0.5, 0.6) is 0 Å². The number of hydrogen-bond donors (Lipinski definition) is 1. The van der Waals surface area contributed by atoms with Crippen molar-refractivity contribution in [2.45, 2.75) is 13.0 Å². The van der Waals surface area contributed by atoms with E-state index in [1.54, 1.807) is 17.4 Å². The number of ether oxygens (including phenoxy) is 1. The number of carbonyl (C=O) groups excluding carboxylic acids is 1. The molecule has 0 spiro atoms. The maximum atomic E-state index is 11.3. The molecule has 0 atom stereocenters. The third kappa shape index (κ3) is 4.84. The minimum Gasteiger partial charge on any atom is -0.461 e. The Kier molecular flexibility index (Phi) is 5.78. The van der Waals surface area contributed by atoms with E-state index in [0.717, 1.165) is 40.7 Å². The molecule has 0 bridgehead atoms. The molecule has 2 aromatic heterocycles. The lowest BCUT2D eigenvalue weighted by Crippen LogP contribution is -2.19. The van der Waals surface area contributed by atoms with E-state index in [1.807, 2.05) is 18.2 Å². The topological polar surface area (TPSA) is 54.7 Å². The summed E-state index contributed by atoms with van der Waals surface area (Å²) < 4.78 is 11.6. The summed E-state index contributed by atoms with van der Waals surface area (Å²) in [6.07, 6.45) is 0.349. The molecular formula is C18H19BrN2O3S. The number of furan rings is 1. The summed E-state index contributed by atoms with van der Waals surface area (Å²) in [5.41, 5.74) is 1.50. The average molecular weight is 423 g/mol. The van der Waals surface area contributed by atoms with Crippen LogP contribution in [0.2, 0.25) is 0 Å². The normalized spacial score (nSPS) is 11.2. The largest absolute Gasteiger partial charge is 0.461 e. The minimum atomic E-state index is -0.482. The highest BCUT2D eigenvalue weighted by molar-refractivity contribution is 9.10. The number of rotatable bonds is 6. The van der Waals surface area contributed by atoms with Gasteiger partial charge in [-0.05, 0) is 53.3 Å². The summed E-state index contributed by atoms with van der Waals surface area (Å²) in [5, 5.41) is 5.72. The van der Waals surface area contributed by atoms with Crippen molar-refractivity contribution in [3.05, 3.63) is 50.8 Å². The van der Waals surface area contributed by atoms with Gasteiger partial charge in [0.15, 0.2) is 0 Å². The average Bonchev–Trinajstić information content (AvgIpc) is 3.18. The SMILES string of the molecule is COC(=O)Nc1ccc2oc(CCN(C)Cc3cc(Br)cs3)cc2c1. The van der Waals surface area contributed by atoms with E-state index >= 15 is 0 Å². The van der Waals surface area contributed by atoms with Gasteiger partial charge in [0.05, 0.1) is 7.11 Å². The van der Waals surface area contributed by atoms with Crippen molar-refractivity contribution in [2.75, 3.05) is 26.0 Å². The minimum absolute atomic E-state index is 0.482. The predicted octanol–water partition coefficient (Wildman–Crippen LogP) is 5.11. The molecule has 1 amide bonds. The molecular weight excluding hydrogens is 404 g/mol. The summed E-state index contributed by atoms with van der Waals surface area (Å²) in [5.74, 6) is 0.935. The van der Waals surface area contributed by atoms with Crippen LogP contribution in [0.25, 0.3) is 11.0 Å². The van der Waals surface area contributed by atoms with Gasteiger partial charge in [-0.25, -0.2) is 4.79 Å². The summed E-state index contributed by atoms with van der Waals surface area (Å²) in [4.78, 5) is 14.9. The van der Waals surface area contributed by atoms with Crippen molar-refractivity contribution in [1.82, 2.24) is 4.90 Å². The van der Waals surface area contributed by atoms with Crippen LogP contribution in [0.15, 0.2) is 44.6 Å². The number of hydrogen-bond acceptors (Lipinski definition) is 5. The number of carbonyl (C=O) groups is 1. The molecule has 3 aromatic rings. The molecule has 25 heavy (non-hydrogen) atoms. The first kappa shape index (κ1) is 18.0. The molecule has 132 valence electrons. The van der Waals surface area contributed by atoms with E-state index in [2.05, 4.69) is 49.4 Å². The van der Waals surface area contributed by atoms with Crippen molar-refractivity contribution in [3.63, 3.8) is 0 Å². The molecule has 0 aliphatic rings. The van der Waals surface area contributed by atoms with Gasteiger partial charge in [0.1, 0.15) is 11.3 Å². The number of amides is 1. The van der Waals surface area contributed by atoms with Crippen LogP contribution in [0.4, 0.5) is 10.5 Å². The zero-order chi connectivity index (χ0) is 17.8. The molecule has 1 aromatic carbocycles. The van der Waals surface area contributed by atoms with Gasteiger partial charge in [0, 0.05) is 45.3 Å². The molecule has 0 aliphatic carbocycles. The van der Waals surface area contributed by atoms with Crippen LogP contribution in [0.1, 0.15) is 10.6 Å². The molecule has 0 fully saturated rings. The maximum absolute atomic E-state index is 11.3. The molecule has 0 unspecified atom stereocenters. The second kappa shape index (κ2) is 8.03. The van der Waals surface area contributed by atoms with E-state index < -0.39 is 6.09 Å².